The minimum atomic E-state index is 0.787. The van der Waals surface area contributed by atoms with Crippen LogP contribution in [-0.4, -0.2) is 47.8 Å². The Morgan fingerprint density at radius 2 is 0.684 bits per heavy atom. The fourth-order valence-corrected chi connectivity index (χ4v) is 6.42. The van der Waals surface area contributed by atoms with E-state index in [0.29, 0.717) is 0 Å². The summed E-state index contributed by atoms with van der Waals surface area (Å²) in [5.74, 6) is 0. The predicted molar refractivity (Wildman–Crippen MR) is 161 cm³/mol. The van der Waals surface area contributed by atoms with Crippen LogP contribution >= 0.6 is 23.2 Å². The fourth-order valence-electron chi connectivity index (χ4n) is 6.00. The highest BCUT2D eigenvalue weighted by Gasteiger charge is 2.14. The van der Waals surface area contributed by atoms with E-state index in [-0.39, 0.29) is 0 Å². The summed E-state index contributed by atoms with van der Waals surface area (Å²) in [6, 6.07) is 17.2. The molecule has 0 atom stereocenters. The van der Waals surface area contributed by atoms with E-state index in [1.807, 2.05) is 23.9 Å². The second-order valence-electron chi connectivity index (χ2n) is 10.3. The van der Waals surface area contributed by atoms with Crippen molar-refractivity contribution in [2.75, 3.05) is 28.2 Å². The second-order valence-corrected chi connectivity index (χ2v) is 11.0. The molecule has 0 bridgehead atoms. The molecule has 0 amide bonds. The van der Waals surface area contributed by atoms with Crippen LogP contribution in [0.4, 0.5) is 0 Å². The third kappa shape index (κ3) is 3.37. The summed E-state index contributed by atoms with van der Waals surface area (Å²) in [6.07, 6.45) is 12.8. The lowest BCUT2D eigenvalue weighted by molar-refractivity contribution is 0.721. The third-order valence-electron chi connectivity index (χ3n) is 7.61. The van der Waals surface area contributed by atoms with Gasteiger partial charge in [-0.2, -0.15) is 0 Å². The predicted octanol–water partition coefficient (Wildman–Crippen LogP) is 0.498. The maximum Gasteiger partial charge on any atom is 0.116 e. The largest absolute Gasteiger partial charge is 0.356 e. The van der Waals surface area contributed by atoms with Crippen LogP contribution in [0, 0.1) is 0 Å². The van der Waals surface area contributed by atoms with Crippen molar-refractivity contribution < 1.29 is 0 Å². The average molecular weight is 537 g/mol. The van der Waals surface area contributed by atoms with Gasteiger partial charge in [-0.1, -0.05) is 71.7 Å². The molecule has 4 nitrogen and oxygen atoms in total. The summed E-state index contributed by atoms with van der Waals surface area (Å²) < 4.78 is 0. The van der Waals surface area contributed by atoms with Gasteiger partial charge in [0.2, 0.25) is 0 Å². The maximum absolute atomic E-state index is 6.44. The third-order valence-corrected chi connectivity index (χ3v) is 8.56. The van der Waals surface area contributed by atoms with Gasteiger partial charge in [0, 0.05) is 97.4 Å². The SMILES string of the molecule is CN1C=c2ccc3c4c(ccc(c24)=C1)=C(Cl)N(C)C=3.CN1C=c2ccc3c4c(ccc(c24)=C1)=C(Cl)N(C)C=3. The highest BCUT2D eigenvalue weighted by molar-refractivity contribution is 6.45. The van der Waals surface area contributed by atoms with Crippen LogP contribution < -0.4 is 41.7 Å². The van der Waals surface area contributed by atoms with Gasteiger partial charge in [0.1, 0.15) is 10.3 Å². The first-order valence-corrected chi connectivity index (χ1v) is 13.3. The standard InChI is InChI=1S/2C16H13ClN2/c2*1-18-7-10-3-4-12-9-19(2)16(17)13-6-5-11(8-18)14(10)15(12)13/h2*3-9H,1-2H3. The van der Waals surface area contributed by atoms with Crippen molar-refractivity contribution in [3.63, 3.8) is 0 Å². The lowest BCUT2D eigenvalue weighted by Crippen LogP contribution is -2.35. The number of rotatable bonds is 0. The Balaban J connectivity index is 0.000000127. The van der Waals surface area contributed by atoms with Crippen LogP contribution in [-0.2, 0) is 0 Å². The molecule has 0 saturated heterocycles. The van der Waals surface area contributed by atoms with Gasteiger partial charge in [0.15, 0.2) is 0 Å². The summed E-state index contributed by atoms with van der Waals surface area (Å²) in [5.41, 5.74) is 0. The summed E-state index contributed by atoms with van der Waals surface area (Å²) in [4.78, 5) is 8.15. The molecule has 4 aromatic carbocycles. The van der Waals surface area contributed by atoms with Gasteiger partial charge >= 0.3 is 0 Å². The molecule has 0 spiro atoms. The van der Waals surface area contributed by atoms with E-state index in [0.717, 1.165) is 20.7 Å². The molecule has 0 aliphatic carbocycles. The average Bonchev–Trinajstić information content (AvgIpc) is 2.90. The molecule has 4 heterocycles. The topological polar surface area (TPSA) is 13.0 Å². The minimum absolute atomic E-state index is 0.787. The second kappa shape index (κ2) is 8.32. The van der Waals surface area contributed by atoms with Crippen molar-refractivity contribution in [3.05, 3.63) is 90.3 Å². The quantitative estimate of drug-likeness (QED) is 0.303. The summed E-state index contributed by atoms with van der Waals surface area (Å²) >= 11 is 12.9. The number of nitrogens with zero attached hydrogens (tertiary/aromatic N) is 4. The molecule has 8 rings (SSSR count). The van der Waals surface area contributed by atoms with Gasteiger partial charge in [-0.15, -0.1) is 0 Å². The van der Waals surface area contributed by atoms with Crippen LogP contribution in [0.3, 0.4) is 0 Å². The molecule has 6 heteroatoms. The molecule has 0 fully saturated rings. The van der Waals surface area contributed by atoms with Crippen LogP contribution in [0.15, 0.2) is 48.5 Å². The van der Waals surface area contributed by atoms with Gasteiger partial charge in [0.05, 0.1) is 0 Å². The van der Waals surface area contributed by atoms with Crippen LogP contribution in [0.2, 0.25) is 0 Å². The van der Waals surface area contributed by atoms with Gasteiger partial charge in [-0.25, -0.2) is 0 Å². The normalized spacial score (nSPS) is 16.1. The van der Waals surface area contributed by atoms with E-state index in [1.165, 1.54) is 52.9 Å². The van der Waals surface area contributed by atoms with Crippen LogP contribution in [0.5, 0.6) is 0 Å². The Kier molecular flexibility index (Phi) is 5.10. The fraction of sp³-hybridized carbons (Fsp3) is 0.125. The minimum Gasteiger partial charge on any atom is -0.356 e. The summed E-state index contributed by atoms with van der Waals surface area (Å²) in [6.45, 7) is 0. The number of benzene rings is 4. The van der Waals surface area contributed by atoms with E-state index in [1.54, 1.807) is 0 Å². The monoisotopic (exact) mass is 536 g/mol. The van der Waals surface area contributed by atoms with Gasteiger partial charge < -0.3 is 19.6 Å². The van der Waals surface area contributed by atoms with Crippen molar-refractivity contribution in [1.82, 2.24) is 19.6 Å². The molecule has 4 aliphatic rings. The van der Waals surface area contributed by atoms with E-state index >= 15 is 0 Å². The first kappa shape index (κ1) is 23.3. The number of halogens is 2. The Morgan fingerprint density at radius 3 is 1.03 bits per heavy atom. The molecule has 0 aromatic heterocycles. The maximum atomic E-state index is 6.44. The molecular weight excluding hydrogens is 511 g/mol. The Labute approximate surface area is 229 Å². The molecule has 0 unspecified atom stereocenters. The first-order chi connectivity index (χ1) is 18.3. The zero-order valence-corrected chi connectivity index (χ0v) is 23.1. The van der Waals surface area contributed by atoms with Crippen molar-refractivity contribution in [2.45, 2.75) is 0 Å². The molecule has 4 aliphatic heterocycles. The zero-order valence-electron chi connectivity index (χ0n) is 21.6. The van der Waals surface area contributed by atoms with Crippen molar-refractivity contribution >= 4 is 92.3 Å². The summed E-state index contributed by atoms with van der Waals surface area (Å²) in [7, 11) is 8.08. The molecule has 0 radical (unpaired) electrons. The highest BCUT2D eigenvalue weighted by atomic mass is 35.5. The Bertz CT molecular complexity index is 2040. The number of hydrogen-bond acceptors (Lipinski definition) is 4. The van der Waals surface area contributed by atoms with Crippen molar-refractivity contribution in [2.24, 2.45) is 0 Å². The highest BCUT2D eigenvalue weighted by Crippen LogP contribution is 2.14. The molecule has 0 N–H and O–H groups in total. The molecule has 0 saturated carbocycles. The first-order valence-electron chi connectivity index (χ1n) is 12.5. The lowest BCUT2D eigenvalue weighted by atomic mass is 10.00. The van der Waals surface area contributed by atoms with E-state index in [2.05, 4.69) is 110 Å². The van der Waals surface area contributed by atoms with E-state index < -0.39 is 0 Å². The molecule has 4 aromatic rings. The van der Waals surface area contributed by atoms with Gasteiger partial charge in [0.25, 0.3) is 0 Å². The zero-order chi connectivity index (χ0) is 26.3. The molecule has 38 heavy (non-hydrogen) atoms. The number of hydrogen-bond donors (Lipinski definition) is 0. The van der Waals surface area contributed by atoms with Crippen LogP contribution in [0.25, 0.3) is 69.1 Å². The molecular formula is C32H26Cl2N4. The summed E-state index contributed by atoms with van der Waals surface area (Å²) in [5, 5.41) is 16.4. The smallest absolute Gasteiger partial charge is 0.116 e. The van der Waals surface area contributed by atoms with Crippen LogP contribution in [0.1, 0.15) is 0 Å². The lowest BCUT2D eigenvalue weighted by Gasteiger charge is -2.20. The van der Waals surface area contributed by atoms with Gasteiger partial charge in [-0.3, -0.25) is 0 Å². The van der Waals surface area contributed by atoms with Gasteiger partial charge in [-0.05, 0) is 31.3 Å². The van der Waals surface area contributed by atoms with Crippen molar-refractivity contribution in [3.8, 4) is 0 Å². The van der Waals surface area contributed by atoms with E-state index in [4.69, 9.17) is 23.2 Å². The Morgan fingerprint density at radius 1 is 0.395 bits per heavy atom. The Hall–Kier alpha value is -3.86. The molecule has 188 valence electrons. The van der Waals surface area contributed by atoms with E-state index in [9.17, 15) is 0 Å². The van der Waals surface area contributed by atoms with Crippen molar-refractivity contribution in [1.29, 1.82) is 0 Å².